The monoisotopic (exact) mass is 335 g/mol. The van der Waals surface area contributed by atoms with Crippen molar-refractivity contribution in [1.82, 2.24) is 4.57 Å². The molecule has 0 amide bonds. The number of aromatic nitrogens is 1. The molecule has 0 aliphatic heterocycles. The third-order valence-electron chi connectivity index (χ3n) is 3.96. The molecule has 24 heavy (non-hydrogen) atoms. The van der Waals surface area contributed by atoms with Crippen LogP contribution in [-0.4, -0.2) is 16.9 Å². The molecule has 0 bridgehead atoms. The Labute approximate surface area is 147 Å². The Bertz CT molecular complexity index is 914. The van der Waals surface area contributed by atoms with Crippen LogP contribution in [0.5, 0.6) is 5.75 Å². The highest BCUT2D eigenvalue weighted by atomic mass is 32.2. The van der Waals surface area contributed by atoms with E-state index in [1.807, 2.05) is 6.07 Å². The number of ether oxygens (including phenoxy) is 1. The van der Waals surface area contributed by atoms with Crippen molar-refractivity contribution in [2.24, 2.45) is 7.05 Å². The van der Waals surface area contributed by atoms with Crippen molar-refractivity contribution in [3.05, 3.63) is 59.7 Å². The highest BCUT2D eigenvalue weighted by Crippen LogP contribution is 2.25. The number of thioether (sulfide) groups is 1. The third kappa shape index (κ3) is 3.77. The maximum absolute atomic E-state index is 5.73. The number of rotatable bonds is 4. The summed E-state index contributed by atoms with van der Waals surface area (Å²) in [7, 11) is 2.10. The molecule has 0 aliphatic rings. The number of para-hydroxylation sites is 1. The van der Waals surface area contributed by atoms with Gasteiger partial charge in [0.2, 0.25) is 0 Å². The molecule has 0 saturated heterocycles. The van der Waals surface area contributed by atoms with E-state index in [1.165, 1.54) is 21.5 Å². The van der Waals surface area contributed by atoms with Crippen LogP contribution in [0.15, 0.2) is 53.6 Å². The standard InChI is InChI=1S/C21H21NOS/c1-16-10-11-20(17(2)14-16)23-12-6-7-13-24-21-15-18-8-4-5-9-19(18)22(21)3/h4-5,8-11,14-15H,12-13H2,1-3H3. The van der Waals surface area contributed by atoms with E-state index in [-0.39, 0.29) is 0 Å². The molecule has 1 heterocycles. The molecule has 0 unspecified atom stereocenters. The summed E-state index contributed by atoms with van der Waals surface area (Å²) in [4.78, 5) is 0. The van der Waals surface area contributed by atoms with Crippen LogP contribution in [0.3, 0.4) is 0 Å². The number of aryl methyl sites for hydroxylation is 3. The lowest BCUT2D eigenvalue weighted by molar-refractivity contribution is 0.367. The van der Waals surface area contributed by atoms with Gasteiger partial charge < -0.3 is 9.30 Å². The highest BCUT2D eigenvalue weighted by Gasteiger charge is 2.04. The average Bonchev–Trinajstić information content (AvgIpc) is 2.89. The molecular weight excluding hydrogens is 314 g/mol. The molecule has 0 saturated carbocycles. The Morgan fingerprint density at radius 2 is 1.88 bits per heavy atom. The van der Waals surface area contributed by atoms with Gasteiger partial charge in [0.05, 0.1) is 10.8 Å². The Hall–Kier alpha value is -2.31. The Balaban J connectivity index is 1.53. The van der Waals surface area contributed by atoms with Gasteiger partial charge in [-0.1, -0.05) is 59.5 Å². The van der Waals surface area contributed by atoms with E-state index in [4.69, 9.17) is 4.74 Å². The molecule has 2 nitrogen and oxygen atoms in total. The van der Waals surface area contributed by atoms with Gasteiger partial charge in [0.1, 0.15) is 12.4 Å². The second kappa shape index (κ2) is 7.51. The van der Waals surface area contributed by atoms with Gasteiger partial charge in [0.15, 0.2) is 0 Å². The SMILES string of the molecule is Cc1ccc(OCC#CCSc2cc3ccccc3n2C)c(C)c1. The van der Waals surface area contributed by atoms with Crippen LogP contribution >= 0.6 is 11.8 Å². The first-order chi connectivity index (χ1) is 11.6. The Kier molecular flexibility index (Phi) is 5.17. The first-order valence-corrected chi connectivity index (χ1v) is 8.97. The van der Waals surface area contributed by atoms with E-state index in [2.05, 4.69) is 79.8 Å². The number of nitrogens with zero attached hydrogens (tertiary/aromatic N) is 1. The molecule has 0 N–H and O–H groups in total. The quantitative estimate of drug-likeness (QED) is 0.494. The second-order valence-corrected chi connectivity index (χ2v) is 6.80. The molecule has 0 radical (unpaired) electrons. The van der Waals surface area contributed by atoms with Crippen LogP contribution < -0.4 is 4.74 Å². The van der Waals surface area contributed by atoms with Crippen LogP contribution in [0.1, 0.15) is 11.1 Å². The van der Waals surface area contributed by atoms with Crippen LogP contribution in [0, 0.1) is 25.7 Å². The minimum Gasteiger partial charge on any atom is -0.481 e. The maximum atomic E-state index is 5.73. The Morgan fingerprint density at radius 1 is 1.04 bits per heavy atom. The van der Waals surface area contributed by atoms with Gasteiger partial charge in [0.25, 0.3) is 0 Å². The normalized spacial score (nSPS) is 10.5. The second-order valence-electron chi connectivity index (χ2n) is 5.80. The fourth-order valence-corrected chi connectivity index (χ4v) is 3.51. The molecule has 3 heteroatoms. The predicted octanol–water partition coefficient (Wildman–Crippen LogP) is 4.97. The molecule has 1 aromatic heterocycles. The molecule has 0 aliphatic carbocycles. The summed E-state index contributed by atoms with van der Waals surface area (Å²) < 4.78 is 7.94. The zero-order valence-electron chi connectivity index (χ0n) is 14.3. The van der Waals surface area contributed by atoms with Gasteiger partial charge in [-0.3, -0.25) is 0 Å². The fourth-order valence-electron chi connectivity index (χ4n) is 2.69. The molecule has 3 rings (SSSR count). The zero-order chi connectivity index (χ0) is 16.9. The van der Waals surface area contributed by atoms with E-state index in [0.717, 1.165) is 17.1 Å². The molecule has 2 aromatic carbocycles. The Morgan fingerprint density at radius 3 is 2.67 bits per heavy atom. The van der Waals surface area contributed by atoms with Gasteiger partial charge in [-0.05, 0) is 37.6 Å². The zero-order valence-corrected chi connectivity index (χ0v) is 15.1. The summed E-state index contributed by atoms with van der Waals surface area (Å²) in [5, 5.41) is 2.51. The summed E-state index contributed by atoms with van der Waals surface area (Å²) >= 11 is 1.76. The van der Waals surface area contributed by atoms with Crippen molar-refractivity contribution < 1.29 is 4.74 Å². The molecule has 0 fully saturated rings. The van der Waals surface area contributed by atoms with Crippen LogP contribution in [0.2, 0.25) is 0 Å². The molecule has 122 valence electrons. The van der Waals surface area contributed by atoms with E-state index >= 15 is 0 Å². The number of hydrogen-bond donors (Lipinski definition) is 0. The fraction of sp³-hybridized carbons (Fsp3) is 0.238. The summed E-state index contributed by atoms with van der Waals surface area (Å²) in [6, 6.07) is 16.8. The molecule has 0 spiro atoms. The summed E-state index contributed by atoms with van der Waals surface area (Å²) in [5.74, 6) is 7.96. The van der Waals surface area contributed by atoms with Gasteiger partial charge in [-0.15, -0.1) is 0 Å². The lowest BCUT2D eigenvalue weighted by Crippen LogP contribution is -1.96. The predicted molar refractivity (Wildman–Crippen MR) is 103 cm³/mol. The number of fused-ring (bicyclic) bond motifs is 1. The number of benzene rings is 2. The topological polar surface area (TPSA) is 14.2 Å². The van der Waals surface area contributed by atoms with E-state index in [0.29, 0.717) is 6.61 Å². The van der Waals surface area contributed by atoms with Gasteiger partial charge >= 0.3 is 0 Å². The number of hydrogen-bond acceptors (Lipinski definition) is 2. The van der Waals surface area contributed by atoms with E-state index in [9.17, 15) is 0 Å². The first kappa shape index (κ1) is 16.5. The average molecular weight is 335 g/mol. The largest absolute Gasteiger partial charge is 0.481 e. The lowest BCUT2D eigenvalue weighted by Gasteiger charge is -2.06. The van der Waals surface area contributed by atoms with Gasteiger partial charge in [0, 0.05) is 18.0 Å². The van der Waals surface area contributed by atoms with Crippen molar-refractivity contribution in [3.63, 3.8) is 0 Å². The van der Waals surface area contributed by atoms with Gasteiger partial charge in [-0.2, -0.15) is 0 Å². The minimum absolute atomic E-state index is 0.430. The van der Waals surface area contributed by atoms with Crippen LogP contribution in [0.25, 0.3) is 10.9 Å². The van der Waals surface area contributed by atoms with Crippen LogP contribution in [-0.2, 0) is 7.05 Å². The summed E-state index contributed by atoms with van der Waals surface area (Å²) in [6.07, 6.45) is 0. The lowest BCUT2D eigenvalue weighted by atomic mass is 10.1. The van der Waals surface area contributed by atoms with Crippen molar-refractivity contribution in [2.75, 3.05) is 12.4 Å². The third-order valence-corrected chi connectivity index (χ3v) is 4.93. The first-order valence-electron chi connectivity index (χ1n) is 7.98. The van der Waals surface area contributed by atoms with E-state index < -0.39 is 0 Å². The van der Waals surface area contributed by atoms with E-state index in [1.54, 1.807) is 11.8 Å². The van der Waals surface area contributed by atoms with Crippen LogP contribution in [0.4, 0.5) is 0 Å². The summed E-state index contributed by atoms with van der Waals surface area (Å²) in [5.41, 5.74) is 3.66. The van der Waals surface area contributed by atoms with Crippen molar-refractivity contribution >= 4 is 22.7 Å². The summed E-state index contributed by atoms with van der Waals surface area (Å²) in [6.45, 7) is 4.58. The smallest absolute Gasteiger partial charge is 0.149 e. The highest BCUT2D eigenvalue weighted by molar-refractivity contribution is 7.99. The van der Waals surface area contributed by atoms with Gasteiger partial charge in [-0.25, -0.2) is 0 Å². The molecular formula is C21H21NOS. The maximum Gasteiger partial charge on any atom is 0.149 e. The molecule has 0 atom stereocenters. The van der Waals surface area contributed by atoms with Crippen molar-refractivity contribution in [3.8, 4) is 17.6 Å². The van der Waals surface area contributed by atoms with Crippen molar-refractivity contribution in [2.45, 2.75) is 18.9 Å². The van der Waals surface area contributed by atoms with Crippen molar-refractivity contribution in [1.29, 1.82) is 0 Å². The molecule has 3 aromatic rings. The minimum atomic E-state index is 0.430.